The summed E-state index contributed by atoms with van der Waals surface area (Å²) < 4.78 is 0. The zero-order chi connectivity index (χ0) is 16.4. The first-order valence-electron chi connectivity index (χ1n) is 9.76. The molecule has 0 aromatic heterocycles. The molecule has 3 fully saturated rings. The molecule has 0 unspecified atom stereocenters. The molecule has 4 aliphatic rings. The molecular weight excluding hydrogens is 282 g/mol. The van der Waals surface area contributed by atoms with Crippen molar-refractivity contribution in [1.29, 1.82) is 0 Å². The van der Waals surface area contributed by atoms with E-state index in [9.17, 15) is 4.79 Å². The molecule has 0 aromatic carbocycles. The van der Waals surface area contributed by atoms with Gasteiger partial charge in [0, 0.05) is 12.5 Å². The predicted octanol–water partition coefficient (Wildman–Crippen LogP) is 4.45. The first-order valence-corrected chi connectivity index (χ1v) is 9.76. The summed E-state index contributed by atoms with van der Waals surface area (Å²) in [4.78, 5) is 14.4. The van der Waals surface area contributed by atoms with E-state index in [4.69, 9.17) is 0 Å². The van der Waals surface area contributed by atoms with Gasteiger partial charge in [-0.25, -0.2) is 0 Å². The molecule has 4 aliphatic carbocycles. The van der Waals surface area contributed by atoms with Crippen LogP contribution in [0, 0.1) is 28.6 Å². The Balaban J connectivity index is 1.66. The van der Waals surface area contributed by atoms with Crippen LogP contribution in [0.2, 0.25) is 0 Å². The SMILES string of the molecule is CN(C)[C@H]1CC[C@H]2[C@@H]3CCC4=CC(=O)CC[C@]4(C)[C@H]3CC[C@]12C. The van der Waals surface area contributed by atoms with Crippen molar-refractivity contribution in [1.82, 2.24) is 4.90 Å². The third-order valence-corrected chi connectivity index (χ3v) is 8.54. The average Bonchev–Trinajstić information content (AvgIpc) is 2.85. The average molecular weight is 316 g/mol. The summed E-state index contributed by atoms with van der Waals surface area (Å²) in [7, 11) is 4.56. The van der Waals surface area contributed by atoms with Gasteiger partial charge in [0.2, 0.25) is 0 Å². The quantitative estimate of drug-likeness (QED) is 0.712. The van der Waals surface area contributed by atoms with Crippen molar-refractivity contribution in [2.45, 2.75) is 71.3 Å². The second-order valence-corrected chi connectivity index (χ2v) is 9.57. The smallest absolute Gasteiger partial charge is 0.155 e. The highest BCUT2D eigenvalue weighted by Crippen LogP contribution is 2.65. The van der Waals surface area contributed by atoms with Crippen molar-refractivity contribution in [2.24, 2.45) is 28.6 Å². The molecular formula is C21H33NO. The van der Waals surface area contributed by atoms with E-state index in [1.165, 1.54) is 44.1 Å². The number of hydrogen-bond acceptors (Lipinski definition) is 2. The predicted molar refractivity (Wildman–Crippen MR) is 94.2 cm³/mol. The maximum Gasteiger partial charge on any atom is 0.155 e. The van der Waals surface area contributed by atoms with Crippen LogP contribution in [-0.2, 0) is 4.79 Å². The minimum absolute atomic E-state index is 0.328. The molecule has 0 N–H and O–H groups in total. The fourth-order valence-electron chi connectivity index (χ4n) is 7.38. The zero-order valence-electron chi connectivity index (χ0n) is 15.4. The third-order valence-electron chi connectivity index (χ3n) is 8.54. The van der Waals surface area contributed by atoms with E-state index in [1.54, 1.807) is 0 Å². The monoisotopic (exact) mass is 315 g/mol. The molecule has 0 spiro atoms. The second-order valence-electron chi connectivity index (χ2n) is 9.57. The van der Waals surface area contributed by atoms with Gasteiger partial charge < -0.3 is 4.90 Å². The van der Waals surface area contributed by atoms with Crippen molar-refractivity contribution in [3.63, 3.8) is 0 Å². The summed E-state index contributed by atoms with van der Waals surface area (Å²) in [6.07, 6.45) is 12.0. The molecule has 0 saturated heterocycles. The van der Waals surface area contributed by atoms with Crippen LogP contribution in [-0.4, -0.2) is 30.8 Å². The molecule has 2 nitrogen and oxygen atoms in total. The Kier molecular flexibility index (Phi) is 3.58. The van der Waals surface area contributed by atoms with E-state index >= 15 is 0 Å². The van der Waals surface area contributed by atoms with Crippen molar-refractivity contribution in [3.05, 3.63) is 11.6 Å². The number of carbonyl (C=O) groups is 1. The molecule has 0 heterocycles. The van der Waals surface area contributed by atoms with E-state index in [0.29, 0.717) is 16.6 Å². The summed E-state index contributed by atoms with van der Waals surface area (Å²) in [5.41, 5.74) is 2.35. The summed E-state index contributed by atoms with van der Waals surface area (Å²) in [6.45, 7) is 5.08. The molecule has 128 valence electrons. The van der Waals surface area contributed by atoms with Crippen LogP contribution < -0.4 is 0 Å². The molecule has 4 rings (SSSR count). The first-order chi connectivity index (χ1) is 10.9. The zero-order valence-corrected chi connectivity index (χ0v) is 15.4. The highest BCUT2D eigenvalue weighted by Gasteiger charge is 2.59. The van der Waals surface area contributed by atoms with Crippen molar-refractivity contribution in [3.8, 4) is 0 Å². The lowest BCUT2D eigenvalue weighted by atomic mass is 9.47. The van der Waals surface area contributed by atoms with Gasteiger partial charge in [0.05, 0.1) is 0 Å². The second kappa shape index (κ2) is 5.18. The van der Waals surface area contributed by atoms with E-state index < -0.39 is 0 Å². The van der Waals surface area contributed by atoms with Crippen molar-refractivity contribution >= 4 is 5.78 Å². The molecule has 0 aromatic rings. The molecule has 0 bridgehead atoms. The van der Waals surface area contributed by atoms with Gasteiger partial charge in [0.25, 0.3) is 0 Å². The van der Waals surface area contributed by atoms with E-state index in [-0.39, 0.29) is 0 Å². The highest BCUT2D eigenvalue weighted by atomic mass is 16.1. The topological polar surface area (TPSA) is 20.3 Å². The lowest BCUT2D eigenvalue weighted by Crippen LogP contribution is -2.53. The van der Waals surface area contributed by atoms with Gasteiger partial charge in [-0.05, 0) is 93.7 Å². The van der Waals surface area contributed by atoms with E-state index in [2.05, 4.69) is 32.8 Å². The summed E-state index contributed by atoms with van der Waals surface area (Å²) in [5.74, 6) is 3.01. The fraction of sp³-hybridized carbons (Fsp3) is 0.857. The van der Waals surface area contributed by atoms with Gasteiger partial charge >= 0.3 is 0 Å². The molecule has 0 radical (unpaired) electrons. The van der Waals surface area contributed by atoms with Crippen LogP contribution in [0.3, 0.4) is 0 Å². The third kappa shape index (κ3) is 2.13. The van der Waals surface area contributed by atoms with Crippen LogP contribution in [0.1, 0.15) is 65.2 Å². The highest BCUT2D eigenvalue weighted by molar-refractivity contribution is 5.91. The number of allylic oxidation sites excluding steroid dienone is 1. The minimum Gasteiger partial charge on any atom is -0.306 e. The van der Waals surface area contributed by atoms with Crippen LogP contribution in [0.25, 0.3) is 0 Å². The van der Waals surface area contributed by atoms with Crippen LogP contribution in [0.4, 0.5) is 0 Å². The summed E-state index contributed by atoms with van der Waals surface area (Å²) >= 11 is 0. The van der Waals surface area contributed by atoms with Crippen molar-refractivity contribution in [2.75, 3.05) is 14.1 Å². The molecule has 2 heteroatoms. The number of ketones is 1. The minimum atomic E-state index is 0.328. The van der Waals surface area contributed by atoms with Gasteiger partial charge in [0.1, 0.15) is 0 Å². The number of nitrogens with zero attached hydrogens (tertiary/aromatic N) is 1. The van der Waals surface area contributed by atoms with Gasteiger partial charge in [-0.2, -0.15) is 0 Å². The Hall–Kier alpha value is -0.630. The Labute approximate surface area is 141 Å². The maximum atomic E-state index is 11.9. The molecule has 23 heavy (non-hydrogen) atoms. The number of carbonyl (C=O) groups excluding carboxylic acids is 1. The number of fused-ring (bicyclic) bond motifs is 5. The van der Waals surface area contributed by atoms with Crippen molar-refractivity contribution < 1.29 is 4.79 Å². The molecule has 0 aliphatic heterocycles. The van der Waals surface area contributed by atoms with Gasteiger partial charge in [-0.15, -0.1) is 0 Å². The van der Waals surface area contributed by atoms with E-state index in [0.717, 1.165) is 36.6 Å². The van der Waals surface area contributed by atoms with Gasteiger partial charge in [-0.3, -0.25) is 4.79 Å². The Morgan fingerprint density at radius 2 is 1.78 bits per heavy atom. The number of rotatable bonds is 1. The Morgan fingerprint density at radius 3 is 2.52 bits per heavy atom. The normalized spacial score (nSPS) is 49.4. The standard InChI is InChI=1S/C21H33NO/c1-20-11-9-15(23)13-14(20)5-6-16-17-7-8-19(22(3)4)21(17,2)12-10-18(16)20/h13,16-19H,5-12H2,1-4H3/t16-,17-,18-,19-,20-,21-/m0/s1. The lowest BCUT2D eigenvalue weighted by Gasteiger charge is -2.58. The number of hydrogen-bond donors (Lipinski definition) is 0. The lowest BCUT2D eigenvalue weighted by molar-refractivity contribution is -0.117. The fourth-order valence-corrected chi connectivity index (χ4v) is 7.38. The van der Waals surface area contributed by atoms with Gasteiger partial charge in [-0.1, -0.05) is 19.4 Å². The molecule has 6 atom stereocenters. The largest absolute Gasteiger partial charge is 0.306 e. The van der Waals surface area contributed by atoms with Crippen LogP contribution in [0.5, 0.6) is 0 Å². The Bertz CT molecular complexity index is 550. The van der Waals surface area contributed by atoms with Crippen LogP contribution >= 0.6 is 0 Å². The molecule has 3 saturated carbocycles. The molecule has 0 amide bonds. The maximum absolute atomic E-state index is 11.9. The summed E-state index contributed by atoms with van der Waals surface area (Å²) in [5, 5.41) is 0. The first kappa shape index (κ1) is 15.9. The van der Waals surface area contributed by atoms with E-state index in [1.807, 2.05) is 6.08 Å². The Morgan fingerprint density at radius 1 is 1.00 bits per heavy atom. The van der Waals surface area contributed by atoms with Gasteiger partial charge in [0.15, 0.2) is 5.78 Å². The summed E-state index contributed by atoms with van der Waals surface area (Å²) in [6, 6.07) is 0.770. The van der Waals surface area contributed by atoms with Crippen LogP contribution in [0.15, 0.2) is 11.6 Å².